The van der Waals surface area contributed by atoms with E-state index in [1.807, 2.05) is 32.0 Å². The van der Waals surface area contributed by atoms with Gasteiger partial charge in [-0.25, -0.2) is 4.39 Å². The van der Waals surface area contributed by atoms with Gasteiger partial charge >= 0.3 is 0 Å². The van der Waals surface area contributed by atoms with Crippen LogP contribution < -0.4 is 4.74 Å². The lowest BCUT2D eigenvalue weighted by Crippen LogP contribution is -2.11. The van der Waals surface area contributed by atoms with Crippen molar-refractivity contribution in [1.29, 1.82) is 0 Å². The van der Waals surface area contributed by atoms with Gasteiger partial charge in [-0.3, -0.25) is 0 Å². The molecule has 0 aliphatic heterocycles. The number of halogens is 1. The SMILES string of the molecule is Cc1ccc(C)c(C(O)COc2cccc(F)c2)c1. The fourth-order valence-corrected chi connectivity index (χ4v) is 1.94. The average molecular weight is 260 g/mol. The zero-order valence-electron chi connectivity index (χ0n) is 11.1. The van der Waals surface area contributed by atoms with Crippen LogP contribution in [0.25, 0.3) is 0 Å². The van der Waals surface area contributed by atoms with Crippen LogP contribution in [-0.4, -0.2) is 11.7 Å². The predicted octanol–water partition coefficient (Wildman–Crippen LogP) is 3.55. The Labute approximate surface area is 112 Å². The van der Waals surface area contributed by atoms with E-state index >= 15 is 0 Å². The van der Waals surface area contributed by atoms with Crippen LogP contribution in [0.5, 0.6) is 5.75 Å². The van der Waals surface area contributed by atoms with E-state index in [0.717, 1.165) is 16.7 Å². The molecule has 1 N–H and O–H groups in total. The van der Waals surface area contributed by atoms with Crippen molar-refractivity contribution in [3.63, 3.8) is 0 Å². The largest absolute Gasteiger partial charge is 0.490 e. The first kappa shape index (κ1) is 13.6. The van der Waals surface area contributed by atoms with E-state index in [1.165, 1.54) is 12.1 Å². The number of rotatable bonds is 4. The van der Waals surface area contributed by atoms with Gasteiger partial charge in [0.15, 0.2) is 0 Å². The van der Waals surface area contributed by atoms with Gasteiger partial charge in [-0.1, -0.05) is 29.8 Å². The lowest BCUT2D eigenvalue weighted by atomic mass is 10.0. The minimum Gasteiger partial charge on any atom is -0.490 e. The van der Waals surface area contributed by atoms with E-state index in [2.05, 4.69) is 0 Å². The van der Waals surface area contributed by atoms with Gasteiger partial charge in [0.05, 0.1) is 0 Å². The molecule has 2 aromatic carbocycles. The summed E-state index contributed by atoms with van der Waals surface area (Å²) in [6.07, 6.45) is -0.719. The van der Waals surface area contributed by atoms with Crippen LogP contribution >= 0.6 is 0 Å². The van der Waals surface area contributed by atoms with E-state index in [-0.39, 0.29) is 12.4 Å². The Kier molecular flexibility index (Phi) is 4.17. The average Bonchev–Trinajstić information content (AvgIpc) is 2.39. The summed E-state index contributed by atoms with van der Waals surface area (Å²) in [4.78, 5) is 0. The summed E-state index contributed by atoms with van der Waals surface area (Å²) < 4.78 is 18.4. The van der Waals surface area contributed by atoms with E-state index in [9.17, 15) is 9.50 Å². The second-order valence-corrected chi connectivity index (χ2v) is 4.64. The van der Waals surface area contributed by atoms with E-state index in [4.69, 9.17) is 4.74 Å². The van der Waals surface area contributed by atoms with Crippen LogP contribution in [0, 0.1) is 19.7 Å². The minimum atomic E-state index is -0.719. The summed E-state index contributed by atoms with van der Waals surface area (Å²) in [5.74, 6) is 0.0723. The third-order valence-corrected chi connectivity index (χ3v) is 3.00. The van der Waals surface area contributed by atoms with Crippen LogP contribution in [0.15, 0.2) is 42.5 Å². The molecule has 0 radical (unpaired) electrons. The Balaban J connectivity index is 2.05. The van der Waals surface area contributed by atoms with Gasteiger partial charge in [0, 0.05) is 6.07 Å². The molecule has 2 rings (SSSR count). The topological polar surface area (TPSA) is 29.5 Å². The van der Waals surface area contributed by atoms with Gasteiger partial charge in [-0.15, -0.1) is 0 Å². The Hall–Kier alpha value is -1.87. The van der Waals surface area contributed by atoms with Crippen molar-refractivity contribution in [3.8, 4) is 5.75 Å². The molecule has 0 saturated heterocycles. The maximum absolute atomic E-state index is 13.0. The standard InChI is InChI=1S/C16H17FO2/c1-11-6-7-12(2)15(8-11)16(18)10-19-14-5-3-4-13(17)9-14/h3-9,16,18H,10H2,1-2H3. The van der Waals surface area contributed by atoms with E-state index in [1.54, 1.807) is 12.1 Å². The van der Waals surface area contributed by atoms with Crippen molar-refractivity contribution in [3.05, 3.63) is 65.0 Å². The number of benzene rings is 2. The zero-order valence-corrected chi connectivity index (χ0v) is 11.1. The highest BCUT2D eigenvalue weighted by molar-refractivity contribution is 5.32. The van der Waals surface area contributed by atoms with Crippen molar-refractivity contribution in [2.45, 2.75) is 20.0 Å². The van der Waals surface area contributed by atoms with Crippen molar-refractivity contribution in [1.82, 2.24) is 0 Å². The van der Waals surface area contributed by atoms with Gasteiger partial charge in [0.25, 0.3) is 0 Å². The minimum absolute atomic E-state index is 0.105. The summed E-state index contributed by atoms with van der Waals surface area (Å²) in [6.45, 7) is 4.02. The Bertz CT molecular complexity index is 566. The molecule has 0 heterocycles. The summed E-state index contributed by atoms with van der Waals surface area (Å²) in [7, 11) is 0. The summed E-state index contributed by atoms with van der Waals surface area (Å²) in [5.41, 5.74) is 2.95. The number of hydrogen-bond donors (Lipinski definition) is 1. The molecule has 1 atom stereocenters. The molecule has 3 heteroatoms. The molecular weight excluding hydrogens is 243 g/mol. The molecule has 0 spiro atoms. The molecule has 19 heavy (non-hydrogen) atoms. The molecule has 0 aromatic heterocycles. The van der Waals surface area contributed by atoms with Gasteiger partial charge in [-0.05, 0) is 37.1 Å². The van der Waals surface area contributed by atoms with Crippen molar-refractivity contribution < 1.29 is 14.2 Å². The first-order valence-corrected chi connectivity index (χ1v) is 6.20. The third kappa shape index (κ3) is 3.55. The number of ether oxygens (including phenoxy) is 1. The third-order valence-electron chi connectivity index (χ3n) is 3.00. The summed E-state index contributed by atoms with van der Waals surface area (Å²) in [5, 5.41) is 10.1. The monoisotopic (exact) mass is 260 g/mol. The van der Waals surface area contributed by atoms with Gasteiger partial charge in [0.1, 0.15) is 24.3 Å². The maximum Gasteiger partial charge on any atom is 0.126 e. The quantitative estimate of drug-likeness (QED) is 0.910. The summed E-state index contributed by atoms with van der Waals surface area (Å²) in [6, 6.07) is 11.8. The number of hydrogen-bond acceptors (Lipinski definition) is 2. The highest BCUT2D eigenvalue weighted by Crippen LogP contribution is 2.21. The van der Waals surface area contributed by atoms with Crippen LogP contribution in [0.3, 0.4) is 0 Å². The normalized spacial score (nSPS) is 12.2. The molecule has 0 amide bonds. The van der Waals surface area contributed by atoms with Crippen LogP contribution in [0.4, 0.5) is 4.39 Å². The number of aliphatic hydroxyl groups excluding tert-OH is 1. The number of aryl methyl sites for hydroxylation is 2. The molecule has 2 aromatic rings. The molecule has 0 aliphatic rings. The highest BCUT2D eigenvalue weighted by Gasteiger charge is 2.11. The first-order chi connectivity index (χ1) is 9.06. The molecule has 0 aliphatic carbocycles. The molecule has 0 fully saturated rings. The van der Waals surface area contributed by atoms with E-state index in [0.29, 0.717) is 5.75 Å². The molecular formula is C16H17FO2. The zero-order chi connectivity index (χ0) is 13.8. The Morgan fingerprint density at radius 3 is 2.68 bits per heavy atom. The maximum atomic E-state index is 13.0. The molecule has 1 unspecified atom stereocenters. The van der Waals surface area contributed by atoms with E-state index < -0.39 is 6.10 Å². The lowest BCUT2D eigenvalue weighted by molar-refractivity contribution is 0.107. The van der Waals surface area contributed by atoms with Gasteiger partial charge < -0.3 is 9.84 Å². The van der Waals surface area contributed by atoms with Crippen molar-refractivity contribution in [2.24, 2.45) is 0 Å². The van der Waals surface area contributed by atoms with Crippen LogP contribution in [-0.2, 0) is 0 Å². The fourth-order valence-electron chi connectivity index (χ4n) is 1.94. The second kappa shape index (κ2) is 5.85. The predicted molar refractivity (Wildman–Crippen MR) is 72.8 cm³/mol. The Morgan fingerprint density at radius 1 is 1.16 bits per heavy atom. The molecule has 0 bridgehead atoms. The molecule has 2 nitrogen and oxygen atoms in total. The smallest absolute Gasteiger partial charge is 0.126 e. The van der Waals surface area contributed by atoms with Crippen LogP contribution in [0.2, 0.25) is 0 Å². The highest BCUT2D eigenvalue weighted by atomic mass is 19.1. The number of aliphatic hydroxyl groups is 1. The summed E-state index contributed by atoms with van der Waals surface area (Å²) >= 11 is 0. The van der Waals surface area contributed by atoms with Gasteiger partial charge in [-0.2, -0.15) is 0 Å². The lowest BCUT2D eigenvalue weighted by Gasteiger charge is -2.15. The second-order valence-electron chi connectivity index (χ2n) is 4.64. The Morgan fingerprint density at radius 2 is 1.95 bits per heavy atom. The molecule has 100 valence electrons. The van der Waals surface area contributed by atoms with Gasteiger partial charge in [0.2, 0.25) is 0 Å². The van der Waals surface area contributed by atoms with Crippen LogP contribution in [0.1, 0.15) is 22.8 Å². The molecule has 0 saturated carbocycles. The fraction of sp³-hybridized carbons (Fsp3) is 0.250. The van der Waals surface area contributed by atoms with Crippen molar-refractivity contribution >= 4 is 0 Å². The first-order valence-electron chi connectivity index (χ1n) is 6.20. The van der Waals surface area contributed by atoms with Crippen molar-refractivity contribution in [2.75, 3.05) is 6.61 Å².